The maximum atomic E-state index is 12.4. The lowest BCUT2D eigenvalue weighted by atomic mass is 10.2. The van der Waals surface area contributed by atoms with Gasteiger partial charge in [-0.2, -0.15) is 0 Å². The van der Waals surface area contributed by atoms with Gasteiger partial charge in [0, 0.05) is 37.6 Å². The Morgan fingerprint density at radius 1 is 1.41 bits per heavy atom. The molecule has 0 saturated carbocycles. The average molecular weight is 360 g/mol. The molecule has 0 aliphatic rings. The second-order valence-corrected chi connectivity index (χ2v) is 5.55. The number of amides is 1. The third-order valence-corrected chi connectivity index (χ3v) is 3.70. The van der Waals surface area contributed by atoms with Gasteiger partial charge in [-0.3, -0.25) is 9.78 Å². The summed E-state index contributed by atoms with van der Waals surface area (Å²) >= 11 is 3.30. The molecule has 3 aromatic rings. The van der Waals surface area contributed by atoms with Crippen molar-refractivity contribution in [2.75, 3.05) is 0 Å². The summed E-state index contributed by atoms with van der Waals surface area (Å²) < 4.78 is 8.03. The van der Waals surface area contributed by atoms with Crippen molar-refractivity contribution in [3.8, 4) is 0 Å². The zero-order chi connectivity index (χ0) is 15.5. The number of allylic oxidation sites excluding steroid dienone is 1. The van der Waals surface area contributed by atoms with Crippen LogP contribution in [-0.4, -0.2) is 15.5 Å². The fourth-order valence-corrected chi connectivity index (χ4v) is 2.69. The lowest BCUT2D eigenvalue weighted by molar-refractivity contribution is 0.0942. The molecule has 1 amide bonds. The second-order valence-electron chi connectivity index (χ2n) is 4.77. The smallest absolute Gasteiger partial charge is 0.268 e. The fraction of sp³-hybridized carbons (Fsp3) is 0.125. The number of carbonyl (C=O) groups is 1. The lowest BCUT2D eigenvalue weighted by Gasteiger charge is -2.08. The zero-order valence-electron chi connectivity index (χ0n) is 11.8. The highest BCUT2D eigenvalue weighted by molar-refractivity contribution is 9.10. The summed E-state index contributed by atoms with van der Waals surface area (Å²) in [5, 5.41) is 2.90. The summed E-state index contributed by atoms with van der Waals surface area (Å²) in [5.74, 6) is -0.152. The van der Waals surface area contributed by atoms with E-state index in [-0.39, 0.29) is 5.91 Å². The van der Waals surface area contributed by atoms with Crippen LogP contribution < -0.4 is 5.32 Å². The van der Waals surface area contributed by atoms with Gasteiger partial charge in [0.1, 0.15) is 5.69 Å². The van der Waals surface area contributed by atoms with E-state index in [0.29, 0.717) is 29.0 Å². The predicted octanol–water partition coefficient (Wildman–Crippen LogP) is 3.51. The van der Waals surface area contributed by atoms with E-state index in [0.717, 1.165) is 11.1 Å². The maximum Gasteiger partial charge on any atom is 0.268 e. The molecule has 112 valence electrons. The Bertz CT molecular complexity index is 821. The lowest BCUT2D eigenvalue weighted by Crippen LogP contribution is -2.25. The van der Waals surface area contributed by atoms with E-state index in [1.54, 1.807) is 24.5 Å². The molecule has 3 heterocycles. The molecule has 5 nitrogen and oxygen atoms in total. The van der Waals surface area contributed by atoms with Crippen LogP contribution in [0.4, 0.5) is 0 Å². The molecule has 0 radical (unpaired) electrons. The van der Waals surface area contributed by atoms with Crippen LogP contribution in [0.3, 0.4) is 0 Å². The number of carbonyl (C=O) groups excluding carboxylic acids is 1. The molecule has 0 saturated heterocycles. The summed E-state index contributed by atoms with van der Waals surface area (Å²) in [7, 11) is 0. The maximum absolute atomic E-state index is 12.4. The number of furan rings is 1. The molecule has 0 atom stereocenters. The Kier molecular flexibility index (Phi) is 4.11. The van der Waals surface area contributed by atoms with E-state index in [4.69, 9.17) is 4.42 Å². The zero-order valence-corrected chi connectivity index (χ0v) is 13.3. The fourth-order valence-electron chi connectivity index (χ4n) is 2.30. The van der Waals surface area contributed by atoms with E-state index in [9.17, 15) is 4.79 Å². The van der Waals surface area contributed by atoms with Gasteiger partial charge in [-0.25, -0.2) is 0 Å². The average Bonchev–Trinajstić information content (AvgIpc) is 3.04. The molecule has 0 spiro atoms. The van der Waals surface area contributed by atoms with Crippen LogP contribution in [-0.2, 0) is 13.1 Å². The number of fused-ring (bicyclic) bond motifs is 1. The Hall–Kier alpha value is -2.34. The van der Waals surface area contributed by atoms with Crippen LogP contribution in [0.1, 0.15) is 16.1 Å². The van der Waals surface area contributed by atoms with Crippen molar-refractivity contribution < 1.29 is 9.21 Å². The number of hydrogen-bond donors (Lipinski definition) is 1. The summed E-state index contributed by atoms with van der Waals surface area (Å²) in [6, 6.07) is 7.32. The van der Waals surface area contributed by atoms with Crippen molar-refractivity contribution in [2.24, 2.45) is 0 Å². The van der Waals surface area contributed by atoms with Crippen molar-refractivity contribution in [3.05, 3.63) is 65.2 Å². The van der Waals surface area contributed by atoms with Crippen molar-refractivity contribution in [1.82, 2.24) is 14.9 Å². The number of nitrogens with zero attached hydrogens (tertiary/aromatic N) is 2. The molecule has 6 heteroatoms. The number of pyridine rings is 1. The minimum atomic E-state index is -0.152. The molecule has 3 aromatic heterocycles. The number of halogens is 1. The highest BCUT2D eigenvalue weighted by atomic mass is 79.9. The van der Waals surface area contributed by atoms with Gasteiger partial charge in [-0.05, 0) is 33.6 Å². The van der Waals surface area contributed by atoms with E-state index in [1.807, 2.05) is 22.8 Å². The number of nitrogens with one attached hydrogen (secondary N) is 1. The molecule has 22 heavy (non-hydrogen) atoms. The Morgan fingerprint density at radius 3 is 2.91 bits per heavy atom. The van der Waals surface area contributed by atoms with Crippen LogP contribution >= 0.6 is 15.9 Å². The van der Waals surface area contributed by atoms with Crippen molar-refractivity contribution in [2.45, 2.75) is 13.1 Å². The first-order chi connectivity index (χ1) is 10.7. The van der Waals surface area contributed by atoms with Gasteiger partial charge < -0.3 is 14.3 Å². The Labute approximate surface area is 135 Å². The molecule has 1 N–H and O–H groups in total. The minimum absolute atomic E-state index is 0.152. The van der Waals surface area contributed by atoms with Gasteiger partial charge in [0.25, 0.3) is 5.91 Å². The van der Waals surface area contributed by atoms with Gasteiger partial charge in [-0.1, -0.05) is 6.08 Å². The first-order valence-electron chi connectivity index (χ1n) is 6.75. The highest BCUT2D eigenvalue weighted by Gasteiger charge is 2.17. The standard InChI is InChI=1S/C16H14BrN3O2/c1-2-7-20-12-9-15(17)22-14(12)8-13(20)16(21)19-10-11-3-5-18-6-4-11/h2-6,8-9H,1,7,10H2,(H,19,21). The molecule has 0 fully saturated rings. The summed E-state index contributed by atoms with van der Waals surface area (Å²) in [6.07, 6.45) is 5.15. The number of aromatic nitrogens is 2. The minimum Gasteiger partial charge on any atom is -0.448 e. The molecule has 0 aliphatic carbocycles. The van der Waals surface area contributed by atoms with E-state index < -0.39 is 0 Å². The molecule has 3 rings (SSSR count). The topological polar surface area (TPSA) is 60.1 Å². The van der Waals surface area contributed by atoms with E-state index in [1.165, 1.54) is 0 Å². The Balaban J connectivity index is 1.85. The molecular formula is C16H14BrN3O2. The molecule has 0 bridgehead atoms. The quantitative estimate of drug-likeness (QED) is 0.709. The van der Waals surface area contributed by atoms with Crippen LogP contribution in [0.2, 0.25) is 0 Å². The predicted molar refractivity (Wildman–Crippen MR) is 87.5 cm³/mol. The van der Waals surface area contributed by atoms with Crippen molar-refractivity contribution in [1.29, 1.82) is 0 Å². The molecule has 0 aromatic carbocycles. The molecular weight excluding hydrogens is 346 g/mol. The van der Waals surface area contributed by atoms with E-state index in [2.05, 4.69) is 32.8 Å². The normalized spacial score (nSPS) is 10.8. The number of rotatable bonds is 5. The molecule has 0 unspecified atom stereocenters. The number of hydrogen-bond acceptors (Lipinski definition) is 3. The van der Waals surface area contributed by atoms with Crippen LogP contribution in [0.25, 0.3) is 11.1 Å². The van der Waals surface area contributed by atoms with Gasteiger partial charge in [-0.15, -0.1) is 6.58 Å². The third kappa shape index (κ3) is 2.82. The Morgan fingerprint density at radius 2 is 2.18 bits per heavy atom. The van der Waals surface area contributed by atoms with Gasteiger partial charge in [0.05, 0.1) is 5.52 Å². The van der Waals surface area contributed by atoms with Crippen LogP contribution in [0.15, 0.2) is 58.4 Å². The largest absolute Gasteiger partial charge is 0.448 e. The highest BCUT2D eigenvalue weighted by Crippen LogP contribution is 2.27. The summed E-state index contributed by atoms with van der Waals surface area (Å²) in [6.45, 7) is 4.73. The SMILES string of the molecule is C=CCn1c(C(=O)NCc2ccncc2)cc2oc(Br)cc21. The van der Waals surface area contributed by atoms with Gasteiger partial charge >= 0.3 is 0 Å². The first-order valence-corrected chi connectivity index (χ1v) is 7.55. The third-order valence-electron chi connectivity index (χ3n) is 3.31. The monoisotopic (exact) mass is 359 g/mol. The van der Waals surface area contributed by atoms with Crippen LogP contribution in [0.5, 0.6) is 0 Å². The van der Waals surface area contributed by atoms with Crippen molar-refractivity contribution in [3.63, 3.8) is 0 Å². The van der Waals surface area contributed by atoms with Crippen LogP contribution in [0, 0.1) is 0 Å². The van der Waals surface area contributed by atoms with E-state index >= 15 is 0 Å². The van der Waals surface area contributed by atoms with Gasteiger partial charge in [0.15, 0.2) is 10.3 Å². The summed E-state index contributed by atoms with van der Waals surface area (Å²) in [4.78, 5) is 16.4. The molecule has 0 aliphatic heterocycles. The first kappa shape index (κ1) is 14.6. The summed E-state index contributed by atoms with van der Waals surface area (Å²) in [5.41, 5.74) is 3.08. The van der Waals surface area contributed by atoms with Crippen molar-refractivity contribution >= 4 is 32.9 Å². The van der Waals surface area contributed by atoms with Gasteiger partial charge in [0.2, 0.25) is 0 Å². The second kappa shape index (κ2) is 6.19.